The zero-order valence-corrected chi connectivity index (χ0v) is 11.7. The molecule has 21 heavy (non-hydrogen) atoms. The van der Waals surface area contributed by atoms with Gasteiger partial charge in [0.15, 0.2) is 5.76 Å². The van der Waals surface area contributed by atoms with Gasteiger partial charge in [0.2, 0.25) is 5.91 Å². The first-order valence-corrected chi connectivity index (χ1v) is 7.40. The minimum absolute atomic E-state index is 0.171. The van der Waals surface area contributed by atoms with Crippen LogP contribution in [0.4, 0.5) is 0 Å². The quantitative estimate of drug-likeness (QED) is 0.897. The lowest BCUT2D eigenvalue weighted by Crippen LogP contribution is -2.37. The Morgan fingerprint density at radius 1 is 1.29 bits per heavy atom. The molecule has 0 aliphatic carbocycles. The maximum Gasteiger partial charge on any atom is 0.221 e. The molecule has 6 nitrogen and oxygen atoms in total. The lowest BCUT2D eigenvalue weighted by Gasteiger charge is -2.25. The Morgan fingerprint density at radius 2 is 2.19 bits per heavy atom. The Morgan fingerprint density at radius 3 is 3.05 bits per heavy atom. The fourth-order valence-electron chi connectivity index (χ4n) is 3.41. The molecule has 0 saturated carbocycles. The van der Waals surface area contributed by atoms with E-state index in [4.69, 9.17) is 4.42 Å². The molecular weight excluding hydrogens is 268 g/mol. The van der Waals surface area contributed by atoms with Gasteiger partial charge < -0.3 is 9.73 Å². The molecule has 0 radical (unpaired) electrons. The molecule has 2 atom stereocenters. The van der Waals surface area contributed by atoms with E-state index < -0.39 is 0 Å². The van der Waals surface area contributed by atoms with Crippen molar-refractivity contribution in [1.29, 1.82) is 0 Å². The molecule has 2 aromatic heterocycles. The average molecular weight is 286 g/mol. The number of fused-ring (bicyclic) bond motifs is 2. The van der Waals surface area contributed by atoms with Crippen LogP contribution in [0.5, 0.6) is 0 Å². The molecule has 2 aliphatic heterocycles. The number of carbonyl (C=O) groups is 1. The van der Waals surface area contributed by atoms with Crippen LogP contribution in [0.25, 0.3) is 11.5 Å². The molecule has 2 bridgehead atoms. The Labute approximate surface area is 122 Å². The Kier molecular flexibility index (Phi) is 3.03. The molecular formula is C15H18N4O2. The van der Waals surface area contributed by atoms with Crippen LogP contribution in [0.1, 0.15) is 25.0 Å². The SMILES string of the molecule is O=C1C[C@H]2CC[C@@H](CN1)N2Cc1ccc(-c2ccn[nH]2)o1. The Balaban J connectivity index is 1.52. The largest absolute Gasteiger partial charge is 0.458 e. The summed E-state index contributed by atoms with van der Waals surface area (Å²) < 4.78 is 5.90. The summed E-state index contributed by atoms with van der Waals surface area (Å²) in [5.41, 5.74) is 0.886. The molecule has 0 aromatic carbocycles. The van der Waals surface area contributed by atoms with Crippen LogP contribution in [0, 0.1) is 0 Å². The summed E-state index contributed by atoms with van der Waals surface area (Å²) in [6.45, 7) is 1.52. The molecule has 4 heterocycles. The van der Waals surface area contributed by atoms with E-state index in [1.165, 1.54) is 0 Å². The molecule has 0 spiro atoms. The molecule has 2 aliphatic rings. The number of nitrogens with one attached hydrogen (secondary N) is 2. The van der Waals surface area contributed by atoms with Crippen molar-refractivity contribution >= 4 is 5.91 Å². The maximum atomic E-state index is 11.7. The summed E-state index contributed by atoms with van der Waals surface area (Å²) in [4.78, 5) is 14.1. The van der Waals surface area contributed by atoms with E-state index in [1.807, 2.05) is 18.2 Å². The van der Waals surface area contributed by atoms with Gasteiger partial charge in [0.1, 0.15) is 11.5 Å². The van der Waals surface area contributed by atoms with Crippen LogP contribution in [0.15, 0.2) is 28.8 Å². The third kappa shape index (κ3) is 2.35. The van der Waals surface area contributed by atoms with Crippen LogP contribution in [0.3, 0.4) is 0 Å². The van der Waals surface area contributed by atoms with Gasteiger partial charge >= 0.3 is 0 Å². The van der Waals surface area contributed by atoms with E-state index in [2.05, 4.69) is 20.4 Å². The molecule has 6 heteroatoms. The smallest absolute Gasteiger partial charge is 0.221 e. The molecule has 2 saturated heterocycles. The summed E-state index contributed by atoms with van der Waals surface area (Å²) in [6.07, 6.45) is 4.57. The second-order valence-corrected chi connectivity index (χ2v) is 5.80. The highest BCUT2D eigenvalue weighted by Gasteiger charge is 2.37. The number of carbonyl (C=O) groups excluding carboxylic acids is 1. The van der Waals surface area contributed by atoms with Crippen LogP contribution >= 0.6 is 0 Å². The number of H-pyrrole nitrogens is 1. The molecule has 110 valence electrons. The average Bonchev–Trinajstić information content (AvgIpc) is 3.15. The van der Waals surface area contributed by atoms with Gasteiger partial charge in [0.25, 0.3) is 0 Å². The Bertz CT molecular complexity index is 634. The first-order chi connectivity index (χ1) is 10.3. The van der Waals surface area contributed by atoms with Crippen molar-refractivity contribution in [3.05, 3.63) is 30.2 Å². The first kappa shape index (κ1) is 12.6. The van der Waals surface area contributed by atoms with E-state index in [9.17, 15) is 4.79 Å². The number of nitrogens with zero attached hydrogens (tertiary/aromatic N) is 2. The van der Waals surface area contributed by atoms with Gasteiger partial charge in [-0.05, 0) is 31.0 Å². The topological polar surface area (TPSA) is 74.2 Å². The minimum Gasteiger partial charge on any atom is -0.458 e. The molecule has 0 unspecified atom stereocenters. The van der Waals surface area contributed by atoms with Crippen molar-refractivity contribution in [2.45, 2.75) is 37.9 Å². The van der Waals surface area contributed by atoms with Crippen LogP contribution in [-0.2, 0) is 11.3 Å². The van der Waals surface area contributed by atoms with Gasteiger partial charge in [0, 0.05) is 31.2 Å². The van der Waals surface area contributed by atoms with E-state index in [0.29, 0.717) is 18.5 Å². The lowest BCUT2D eigenvalue weighted by atomic mass is 10.1. The molecule has 2 N–H and O–H groups in total. The van der Waals surface area contributed by atoms with Gasteiger partial charge in [0.05, 0.1) is 6.54 Å². The summed E-state index contributed by atoms with van der Waals surface area (Å²) in [5.74, 6) is 1.91. The van der Waals surface area contributed by atoms with Crippen molar-refractivity contribution in [1.82, 2.24) is 20.4 Å². The highest BCUT2D eigenvalue weighted by molar-refractivity contribution is 5.77. The van der Waals surface area contributed by atoms with Crippen molar-refractivity contribution in [2.24, 2.45) is 0 Å². The van der Waals surface area contributed by atoms with Gasteiger partial charge in [-0.3, -0.25) is 14.8 Å². The van der Waals surface area contributed by atoms with Crippen LogP contribution in [-0.4, -0.2) is 39.6 Å². The number of amides is 1. The third-order valence-electron chi connectivity index (χ3n) is 4.49. The van der Waals surface area contributed by atoms with Gasteiger partial charge in [-0.15, -0.1) is 0 Å². The first-order valence-electron chi connectivity index (χ1n) is 7.40. The fourth-order valence-corrected chi connectivity index (χ4v) is 3.41. The number of hydrogen-bond acceptors (Lipinski definition) is 4. The Hall–Kier alpha value is -2.08. The van der Waals surface area contributed by atoms with E-state index in [0.717, 1.165) is 43.1 Å². The predicted octanol–water partition coefficient (Wildman–Crippen LogP) is 1.52. The second kappa shape index (κ2) is 5.04. The standard InChI is InChI=1S/C15H18N4O2/c20-15-7-10-1-2-11(8-16-15)19(10)9-12-3-4-14(21-12)13-5-6-17-18-13/h3-6,10-11H,1-2,7-9H2,(H,16,20)(H,17,18)/t10-,11+/m1/s1. The summed E-state index contributed by atoms with van der Waals surface area (Å²) >= 11 is 0. The molecule has 2 aromatic rings. The fraction of sp³-hybridized carbons (Fsp3) is 0.467. The van der Waals surface area contributed by atoms with E-state index in [-0.39, 0.29) is 5.91 Å². The van der Waals surface area contributed by atoms with Crippen molar-refractivity contribution in [3.8, 4) is 11.5 Å². The van der Waals surface area contributed by atoms with Crippen molar-refractivity contribution in [2.75, 3.05) is 6.54 Å². The normalized spacial score (nSPS) is 25.8. The molecule has 1 amide bonds. The van der Waals surface area contributed by atoms with Crippen LogP contribution in [0.2, 0.25) is 0 Å². The highest BCUT2D eigenvalue weighted by Crippen LogP contribution is 2.31. The van der Waals surface area contributed by atoms with E-state index >= 15 is 0 Å². The summed E-state index contributed by atoms with van der Waals surface area (Å²) in [5, 5.41) is 9.84. The zero-order valence-electron chi connectivity index (χ0n) is 11.7. The summed E-state index contributed by atoms with van der Waals surface area (Å²) in [7, 11) is 0. The van der Waals surface area contributed by atoms with E-state index in [1.54, 1.807) is 6.20 Å². The second-order valence-electron chi connectivity index (χ2n) is 5.80. The van der Waals surface area contributed by atoms with Gasteiger partial charge in [-0.25, -0.2) is 0 Å². The van der Waals surface area contributed by atoms with Crippen molar-refractivity contribution < 1.29 is 9.21 Å². The lowest BCUT2D eigenvalue weighted by molar-refractivity contribution is -0.121. The number of aromatic amines is 1. The zero-order chi connectivity index (χ0) is 14.2. The highest BCUT2D eigenvalue weighted by atomic mass is 16.3. The third-order valence-corrected chi connectivity index (χ3v) is 4.49. The number of rotatable bonds is 3. The minimum atomic E-state index is 0.171. The monoisotopic (exact) mass is 286 g/mol. The van der Waals surface area contributed by atoms with Gasteiger partial charge in [-0.1, -0.05) is 0 Å². The van der Waals surface area contributed by atoms with Crippen molar-refractivity contribution in [3.63, 3.8) is 0 Å². The number of aromatic nitrogens is 2. The predicted molar refractivity (Wildman–Crippen MR) is 76.3 cm³/mol. The molecule has 2 fully saturated rings. The summed E-state index contributed by atoms with van der Waals surface area (Å²) in [6, 6.07) is 6.64. The maximum absolute atomic E-state index is 11.7. The number of hydrogen-bond donors (Lipinski definition) is 2. The van der Waals surface area contributed by atoms with Crippen LogP contribution < -0.4 is 5.32 Å². The van der Waals surface area contributed by atoms with Gasteiger partial charge in [-0.2, -0.15) is 5.10 Å². The molecule has 4 rings (SSSR count). The number of furan rings is 1.